The molecule has 0 spiro atoms. The Morgan fingerprint density at radius 1 is 1.19 bits per heavy atom. The lowest BCUT2D eigenvalue weighted by Gasteiger charge is -2.53. The molecule has 0 aromatic rings. The molecule has 2 aliphatic heterocycles. The van der Waals surface area contributed by atoms with Gasteiger partial charge < -0.3 is 9.47 Å². The van der Waals surface area contributed by atoms with Gasteiger partial charge in [-0.05, 0) is 47.6 Å². The largest absolute Gasteiger partial charge is 0.375 e. The van der Waals surface area contributed by atoms with E-state index in [1.165, 1.54) is 0 Å². The van der Waals surface area contributed by atoms with Gasteiger partial charge in [0, 0.05) is 11.1 Å². The summed E-state index contributed by atoms with van der Waals surface area (Å²) < 4.78 is 11.2. The molecule has 2 aliphatic rings. The van der Waals surface area contributed by atoms with Gasteiger partial charge in [0.2, 0.25) is 0 Å². The summed E-state index contributed by atoms with van der Waals surface area (Å²) in [6, 6.07) is 0. The van der Waals surface area contributed by atoms with Crippen LogP contribution in [0.3, 0.4) is 0 Å². The molecule has 0 aromatic carbocycles. The summed E-state index contributed by atoms with van der Waals surface area (Å²) in [7, 11) is 2.22. The number of rotatable bonds is 3. The molecule has 2 saturated heterocycles. The summed E-state index contributed by atoms with van der Waals surface area (Å²) in [6.45, 7) is 10.9. The third-order valence-electron chi connectivity index (χ3n) is 4.19. The molecule has 0 N–H and O–H groups in total. The Kier molecular flexibility index (Phi) is 3.06. The van der Waals surface area contributed by atoms with Crippen LogP contribution in [-0.2, 0) is 9.47 Å². The Morgan fingerprint density at radius 3 is 2.12 bits per heavy atom. The van der Waals surface area contributed by atoms with Crippen molar-refractivity contribution < 1.29 is 9.47 Å². The van der Waals surface area contributed by atoms with Crippen molar-refractivity contribution in [1.82, 2.24) is 4.90 Å². The summed E-state index contributed by atoms with van der Waals surface area (Å²) in [5, 5.41) is 0. The van der Waals surface area contributed by atoms with Gasteiger partial charge in [-0.1, -0.05) is 0 Å². The molecule has 0 unspecified atom stereocenters. The fourth-order valence-electron chi connectivity index (χ4n) is 2.81. The number of ether oxygens (including phenoxy) is 2. The summed E-state index contributed by atoms with van der Waals surface area (Å²) in [6.07, 6.45) is 2.98. The number of nitrogens with zero attached hydrogens (tertiary/aromatic N) is 1. The minimum absolute atomic E-state index is 0.219. The molecule has 2 fully saturated rings. The standard InChI is InChI=1S/C13H25NO2/c1-12(2)6-10(15-8-11-9-16-11)7-13(3,4)14(12)5/h10-11H,6-9H2,1-5H3/t11-/m0/s1. The van der Waals surface area contributed by atoms with Crippen LogP contribution in [0.25, 0.3) is 0 Å². The van der Waals surface area contributed by atoms with Crippen LogP contribution >= 0.6 is 0 Å². The molecular weight excluding hydrogens is 202 g/mol. The lowest BCUT2D eigenvalue weighted by Crippen LogP contribution is -2.60. The molecular formula is C13H25NO2. The Bertz CT molecular complexity index is 241. The highest BCUT2D eigenvalue weighted by atomic mass is 16.6. The molecule has 3 nitrogen and oxygen atoms in total. The number of hydrogen-bond acceptors (Lipinski definition) is 3. The first kappa shape index (κ1) is 12.3. The first-order valence-corrected chi connectivity index (χ1v) is 6.28. The molecule has 0 saturated carbocycles. The normalized spacial score (nSPS) is 33.9. The van der Waals surface area contributed by atoms with E-state index in [4.69, 9.17) is 9.47 Å². The highest BCUT2D eigenvalue weighted by Crippen LogP contribution is 2.38. The predicted octanol–water partition coefficient (Wildman–Crippen LogP) is 2.05. The van der Waals surface area contributed by atoms with Crippen LogP contribution in [0, 0.1) is 0 Å². The molecule has 2 heterocycles. The second-order valence-corrected chi connectivity index (χ2v) is 6.50. The maximum atomic E-state index is 5.97. The molecule has 94 valence electrons. The zero-order valence-electron chi connectivity index (χ0n) is 11.2. The van der Waals surface area contributed by atoms with E-state index in [9.17, 15) is 0 Å². The molecule has 0 aromatic heterocycles. The van der Waals surface area contributed by atoms with Crippen LogP contribution in [-0.4, -0.2) is 48.4 Å². The zero-order valence-corrected chi connectivity index (χ0v) is 11.2. The van der Waals surface area contributed by atoms with Crippen molar-refractivity contribution >= 4 is 0 Å². The van der Waals surface area contributed by atoms with Crippen molar-refractivity contribution in [2.24, 2.45) is 0 Å². The molecule has 16 heavy (non-hydrogen) atoms. The van der Waals surface area contributed by atoms with Crippen molar-refractivity contribution in [1.29, 1.82) is 0 Å². The average molecular weight is 227 g/mol. The summed E-state index contributed by atoms with van der Waals surface area (Å²) in [5.74, 6) is 0. The van der Waals surface area contributed by atoms with E-state index >= 15 is 0 Å². The van der Waals surface area contributed by atoms with Crippen LogP contribution < -0.4 is 0 Å². The quantitative estimate of drug-likeness (QED) is 0.690. The maximum Gasteiger partial charge on any atom is 0.104 e. The molecule has 1 atom stereocenters. The number of epoxide rings is 1. The van der Waals surface area contributed by atoms with Gasteiger partial charge in [0.1, 0.15) is 6.10 Å². The summed E-state index contributed by atoms with van der Waals surface area (Å²) in [4.78, 5) is 2.48. The smallest absolute Gasteiger partial charge is 0.104 e. The maximum absolute atomic E-state index is 5.97. The van der Waals surface area contributed by atoms with E-state index in [2.05, 4.69) is 39.6 Å². The lowest BCUT2D eigenvalue weighted by molar-refractivity contribution is -0.0933. The minimum Gasteiger partial charge on any atom is -0.375 e. The highest BCUT2D eigenvalue weighted by Gasteiger charge is 2.43. The first-order chi connectivity index (χ1) is 7.31. The highest BCUT2D eigenvalue weighted by molar-refractivity contribution is 4.99. The topological polar surface area (TPSA) is 25.0 Å². The fourth-order valence-corrected chi connectivity index (χ4v) is 2.81. The fraction of sp³-hybridized carbons (Fsp3) is 1.00. The molecule has 3 heteroatoms. The third-order valence-corrected chi connectivity index (χ3v) is 4.19. The van der Waals surface area contributed by atoms with Crippen LogP contribution in [0.5, 0.6) is 0 Å². The van der Waals surface area contributed by atoms with Crippen molar-refractivity contribution in [3.63, 3.8) is 0 Å². The Labute approximate surface area is 99.1 Å². The van der Waals surface area contributed by atoms with Crippen LogP contribution in [0.15, 0.2) is 0 Å². The summed E-state index contributed by atoms with van der Waals surface area (Å²) >= 11 is 0. The molecule has 0 amide bonds. The Morgan fingerprint density at radius 2 is 1.69 bits per heavy atom. The van der Waals surface area contributed by atoms with Crippen molar-refractivity contribution in [2.45, 2.75) is 63.8 Å². The van der Waals surface area contributed by atoms with Crippen LogP contribution in [0.4, 0.5) is 0 Å². The van der Waals surface area contributed by atoms with E-state index in [0.717, 1.165) is 26.1 Å². The first-order valence-electron chi connectivity index (χ1n) is 6.28. The average Bonchev–Trinajstić information content (AvgIpc) is 2.93. The minimum atomic E-state index is 0.219. The SMILES string of the molecule is CN1C(C)(C)CC(OC[C@H]2CO2)CC1(C)C. The second kappa shape index (κ2) is 3.97. The van der Waals surface area contributed by atoms with E-state index in [-0.39, 0.29) is 11.1 Å². The van der Waals surface area contributed by atoms with Gasteiger partial charge >= 0.3 is 0 Å². The van der Waals surface area contributed by atoms with Gasteiger partial charge in [0.05, 0.1) is 19.3 Å². The van der Waals surface area contributed by atoms with Gasteiger partial charge in [0.25, 0.3) is 0 Å². The van der Waals surface area contributed by atoms with Crippen LogP contribution in [0.1, 0.15) is 40.5 Å². The Hall–Kier alpha value is -0.120. The molecule has 2 rings (SSSR count). The van der Waals surface area contributed by atoms with E-state index in [1.807, 2.05) is 0 Å². The zero-order chi connectivity index (χ0) is 12.0. The number of hydrogen-bond donors (Lipinski definition) is 0. The predicted molar refractivity (Wildman–Crippen MR) is 64.6 cm³/mol. The van der Waals surface area contributed by atoms with E-state index in [1.54, 1.807) is 0 Å². The molecule has 0 aliphatic carbocycles. The second-order valence-electron chi connectivity index (χ2n) is 6.50. The van der Waals surface area contributed by atoms with E-state index in [0.29, 0.717) is 12.2 Å². The van der Waals surface area contributed by atoms with Gasteiger partial charge in [0.15, 0.2) is 0 Å². The van der Waals surface area contributed by atoms with Crippen molar-refractivity contribution in [3.05, 3.63) is 0 Å². The van der Waals surface area contributed by atoms with E-state index < -0.39 is 0 Å². The summed E-state index contributed by atoms with van der Waals surface area (Å²) in [5.41, 5.74) is 0.438. The van der Waals surface area contributed by atoms with Gasteiger partial charge in [-0.25, -0.2) is 0 Å². The van der Waals surface area contributed by atoms with Gasteiger partial charge in [-0.3, -0.25) is 4.90 Å². The monoisotopic (exact) mass is 227 g/mol. The van der Waals surface area contributed by atoms with Crippen LogP contribution in [0.2, 0.25) is 0 Å². The number of likely N-dealkylation sites (tertiary alicyclic amines) is 1. The Balaban J connectivity index is 1.94. The molecule has 0 radical (unpaired) electrons. The third kappa shape index (κ3) is 2.58. The lowest BCUT2D eigenvalue weighted by atomic mass is 9.79. The van der Waals surface area contributed by atoms with Crippen molar-refractivity contribution in [2.75, 3.05) is 20.3 Å². The van der Waals surface area contributed by atoms with Gasteiger partial charge in [-0.2, -0.15) is 0 Å². The number of piperidine rings is 1. The van der Waals surface area contributed by atoms with Crippen molar-refractivity contribution in [3.8, 4) is 0 Å². The molecule has 0 bridgehead atoms. The van der Waals surface area contributed by atoms with Gasteiger partial charge in [-0.15, -0.1) is 0 Å².